The first-order chi connectivity index (χ1) is 16.0. The molecule has 0 radical (unpaired) electrons. The lowest BCUT2D eigenvalue weighted by Crippen LogP contribution is -2.33. The van der Waals surface area contributed by atoms with Gasteiger partial charge in [0, 0.05) is 18.5 Å². The highest BCUT2D eigenvalue weighted by Crippen LogP contribution is 2.33. The van der Waals surface area contributed by atoms with Gasteiger partial charge in [0.15, 0.2) is 5.58 Å². The van der Waals surface area contributed by atoms with E-state index in [1.165, 1.54) is 37.9 Å². The molecular weight excluding hydrogens is 410 g/mol. The van der Waals surface area contributed by atoms with Gasteiger partial charge in [0.1, 0.15) is 5.75 Å². The van der Waals surface area contributed by atoms with Gasteiger partial charge in [-0.25, -0.2) is 0 Å². The summed E-state index contributed by atoms with van der Waals surface area (Å²) in [7, 11) is 4.15. The Morgan fingerprint density at radius 1 is 1.09 bits per heavy atom. The predicted molar refractivity (Wildman–Crippen MR) is 134 cm³/mol. The number of rotatable bonds is 10. The maximum atomic E-state index is 6.11. The summed E-state index contributed by atoms with van der Waals surface area (Å²) in [5.74, 6) is 2.16. The molecule has 178 valence electrons. The van der Waals surface area contributed by atoms with Gasteiger partial charge < -0.3 is 14.2 Å². The molecule has 1 aromatic heterocycles. The largest absolute Gasteiger partial charge is 0.493 e. The summed E-state index contributed by atoms with van der Waals surface area (Å²) >= 11 is 0. The first kappa shape index (κ1) is 23.8. The zero-order valence-corrected chi connectivity index (χ0v) is 20.7. The fourth-order valence-corrected chi connectivity index (χ4v) is 4.74. The average Bonchev–Trinajstić information content (AvgIpc) is 3.22. The van der Waals surface area contributed by atoms with Gasteiger partial charge in [-0.2, -0.15) is 0 Å². The topological polar surface area (TPSA) is 41.7 Å². The highest BCUT2D eigenvalue weighted by Gasteiger charge is 2.22. The minimum Gasteiger partial charge on any atom is -0.493 e. The van der Waals surface area contributed by atoms with Gasteiger partial charge in [-0.3, -0.25) is 4.90 Å². The molecule has 0 N–H and O–H groups in total. The molecule has 0 unspecified atom stereocenters. The quantitative estimate of drug-likeness (QED) is 0.393. The maximum Gasteiger partial charge on any atom is 0.175 e. The lowest BCUT2D eigenvalue weighted by atomic mass is 9.91. The Hall–Kier alpha value is -2.37. The number of aryl methyl sites for hydroxylation is 1. The van der Waals surface area contributed by atoms with Crippen LogP contribution in [0.3, 0.4) is 0 Å². The van der Waals surface area contributed by atoms with E-state index in [4.69, 9.17) is 9.26 Å². The van der Waals surface area contributed by atoms with Gasteiger partial charge in [-0.15, -0.1) is 0 Å². The van der Waals surface area contributed by atoms with Gasteiger partial charge in [-0.05, 0) is 82.4 Å². The van der Waals surface area contributed by atoms with Crippen molar-refractivity contribution >= 4 is 11.0 Å². The standard InChI is InChI=1S/C28H39N3O2/c1-21(2)20-32-27-13-11-24-26(29-33-28(24)25(27)19-30(3)4)12-10-22-14-16-31(17-15-22)18-23-8-6-5-7-9-23/h5-9,11,13,21-22H,10,12,14-20H2,1-4H3. The number of benzene rings is 2. The van der Waals surface area contributed by atoms with Crippen LogP contribution in [0.2, 0.25) is 0 Å². The van der Waals surface area contributed by atoms with Gasteiger partial charge in [0.2, 0.25) is 0 Å². The molecule has 1 aliphatic heterocycles. The number of nitrogens with zero attached hydrogens (tertiary/aromatic N) is 3. The van der Waals surface area contributed by atoms with E-state index < -0.39 is 0 Å². The van der Waals surface area contributed by atoms with E-state index in [9.17, 15) is 0 Å². The van der Waals surface area contributed by atoms with Crippen LogP contribution in [0.15, 0.2) is 47.0 Å². The predicted octanol–water partition coefficient (Wildman–Crippen LogP) is 5.77. The van der Waals surface area contributed by atoms with Crippen LogP contribution in [0.25, 0.3) is 11.0 Å². The SMILES string of the molecule is CC(C)COc1ccc2c(CCC3CCN(Cc4ccccc4)CC3)noc2c1CN(C)C. The number of likely N-dealkylation sites (tertiary alicyclic amines) is 1. The molecule has 2 heterocycles. The third kappa shape index (κ3) is 6.36. The Bertz CT molecular complexity index is 1000. The zero-order chi connectivity index (χ0) is 23.2. The molecule has 0 atom stereocenters. The number of piperidine rings is 1. The van der Waals surface area contributed by atoms with E-state index in [2.05, 4.69) is 85.4 Å². The monoisotopic (exact) mass is 449 g/mol. The highest BCUT2D eigenvalue weighted by atomic mass is 16.5. The molecule has 4 rings (SSSR count). The van der Waals surface area contributed by atoms with Gasteiger partial charge in [0.25, 0.3) is 0 Å². The Morgan fingerprint density at radius 3 is 2.55 bits per heavy atom. The third-order valence-corrected chi connectivity index (χ3v) is 6.57. The van der Waals surface area contributed by atoms with Crippen molar-refractivity contribution in [2.24, 2.45) is 11.8 Å². The Morgan fingerprint density at radius 2 is 1.85 bits per heavy atom. The van der Waals surface area contributed by atoms with Crippen LogP contribution < -0.4 is 4.74 Å². The molecule has 33 heavy (non-hydrogen) atoms. The number of fused-ring (bicyclic) bond motifs is 1. The average molecular weight is 450 g/mol. The second-order valence-corrected chi connectivity index (χ2v) is 10.2. The van der Waals surface area contributed by atoms with Crippen molar-refractivity contribution < 1.29 is 9.26 Å². The van der Waals surface area contributed by atoms with Crippen LogP contribution in [0.1, 0.15) is 49.9 Å². The second-order valence-electron chi connectivity index (χ2n) is 10.2. The number of ether oxygens (including phenoxy) is 1. The maximum absolute atomic E-state index is 6.11. The molecule has 3 aromatic rings. The molecule has 0 aliphatic carbocycles. The third-order valence-electron chi connectivity index (χ3n) is 6.57. The minimum absolute atomic E-state index is 0.484. The highest BCUT2D eigenvalue weighted by molar-refractivity contribution is 5.84. The molecule has 1 fully saturated rings. The van der Waals surface area contributed by atoms with Crippen LogP contribution in [0.5, 0.6) is 5.75 Å². The van der Waals surface area contributed by atoms with E-state index >= 15 is 0 Å². The van der Waals surface area contributed by atoms with Crippen molar-refractivity contribution in [3.05, 3.63) is 59.3 Å². The Balaban J connectivity index is 1.37. The smallest absolute Gasteiger partial charge is 0.175 e. The van der Waals surface area contributed by atoms with Crippen LogP contribution >= 0.6 is 0 Å². The van der Waals surface area contributed by atoms with Crippen LogP contribution in [-0.4, -0.2) is 48.7 Å². The van der Waals surface area contributed by atoms with Crippen molar-refractivity contribution in [2.75, 3.05) is 33.8 Å². The molecule has 1 aliphatic rings. The summed E-state index contributed by atoms with van der Waals surface area (Å²) in [5, 5.41) is 5.64. The van der Waals surface area contributed by atoms with E-state index in [0.717, 1.165) is 53.4 Å². The fraction of sp³-hybridized carbons (Fsp3) is 0.536. The summed E-state index contributed by atoms with van der Waals surface area (Å²) in [5.41, 5.74) is 4.49. The Kier molecular flexibility index (Phi) is 8.05. The van der Waals surface area contributed by atoms with E-state index in [1.54, 1.807) is 0 Å². The molecular formula is C28H39N3O2. The van der Waals surface area contributed by atoms with Crippen LogP contribution in [0, 0.1) is 11.8 Å². The number of hydrogen-bond acceptors (Lipinski definition) is 5. The van der Waals surface area contributed by atoms with Gasteiger partial charge >= 0.3 is 0 Å². The van der Waals surface area contributed by atoms with Crippen LogP contribution in [0.4, 0.5) is 0 Å². The second kappa shape index (κ2) is 11.2. The van der Waals surface area contributed by atoms with E-state index in [0.29, 0.717) is 12.5 Å². The molecule has 0 bridgehead atoms. The lowest BCUT2D eigenvalue weighted by Gasteiger charge is -2.32. The zero-order valence-electron chi connectivity index (χ0n) is 20.7. The molecule has 2 aromatic carbocycles. The minimum atomic E-state index is 0.484. The number of aromatic nitrogens is 1. The van der Waals surface area contributed by atoms with Gasteiger partial charge in [0.05, 0.1) is 17.9 Å². The summed E-state index contributed by atoms with van der Waals surface area (Å²) in [6.45, 7) is 9.25. The number of hydrogen-bond donors (Lipinski definition) is 0. The molecule has 0 spiro atoms. The molecule has 5 nitrogen and oxygen atoms in total. The fourth-order valence-electron chi connectivity index (χ4n) is 4.74. The normalized spacial score (nSPS) is 15.7. The molecule has 1 saturated heterocycles. The molecule has 0 amide bonds. The summed E-state index contributed by atoms with van der Waals surface area (Å²) in [6.07, 6.45) is 4.68. The van der Waals surface area contributed by atoms with Crippen molar-refractivity contribution in [1.29, 1.82) is 0 Å². The Labute approximate surface area is 198 Å². The summed E-state index contributed by atoms with van der Waals surface area (Å²) in [6, 6.07) is 15.1. The van der Waals surface area contributed by atoms with E-state index in [-0.39, 0.29) is 0 Å². The summed E-state index contributed by atoms with van der Waals surface area (Å²) < 4.78 is 12.0. The first-order valence-corrected chi connectivity index (χ1v) is 12.4. The van der Waals surface area contributed by atoms with Crippen molar-refractivity contribution in [3.63, 3.8) is 0 Å². The van der Waals surface area contributed by atoms with Crippen LogP contribution in [-0.2, 0) is 19.5 Å². The molecule has 0 saturated carbocycles. The summed E-state index contributed by atoms with van der Waals surface area (Å²) in [4.78, 5) is 4.74. The first-order valence-electron chi connectivity index (χ1n) is 12.4. The van der Waals surface area contributed by atoms with Crippen molar-refractivity contribution in [1.82, 2.24) is 15.0 Å². The van der Waals surface area contributed by atoms with E-state index in [1.807, 2.05) is 0 Å². The van der Waals surface area contributed by atoms with Gasteiger partial charge in [-0.1, -0.05) is 49.3 Å². The lowest BCUT2D eigenvalue weighted by molar-refractivity contribution is 0.172. The van der Waals surface area contributed by atoms with Crippen molar-refractivity contribution in [3.8, 4) is 5.75 Å². The van der Waals surface area contributed by atoms with Crippen molar-refractivity contribution in [2.45, 2.75) is 52.6 Å². The molecule has 5 heteroatoms.